The van der Waals surface area contributed by atoms with Gasteiger partial charge in [-0.1, -0.05) is 57.2 Å². The molecule has 1 fully saturated rings. The number of rotatable bonds is 9. The Labute approximate surface area is 184 Å². The summed E-state index contributed by atoms with van der Waals surface area (Å²) in [6, 6.07) is 6.27. The summed E-state index contributed by atoms with van der Waals surface area (Å²) in [5, 5.41) is 6.75. The number of hydrogen-bond donors (Lipinski definition) is 2. The molecule has 0 unspecified atom stereocenters. The first-order chi connectivity index (χ1) is 14.8. The molecule has 0 saturated carbocycles. The predicted molar refractivity (Wildman–Crippen MR) is 132 cm³/mol. The van der Waals surface area contributed by atoms with Gasteiger partial charge in [-0.05, 0) is 80.5 Å². The molecule has 3 nitrogen and oxygen atoms in total. The maximum Gasteiger partial charge on any atom is 0.120 e. The van der Waals surface area contributed by atoms with E-state index in [0.717, 1.165) is 30.2 Å². The Kier molecular flexibility index (Phi) is 11.1. The minimum atomic E-state index is 0.585. The summed E-state index contributed by atoms with van der Waals surface area (Å²) in [7, 11) is 1.97. The van der Waals surface area contributed by atoms with Gasteiger partial charge in [0.1, 0.15) is 12.4 Å². The third-order valence-electron chi connectivity index (χ3n) is 5.65. The average Bonchev–Trinajstić information content (AvgIpc) is 3.08. The van der Waals surface area contributed by atoms with E-state index in [0.29, 0.717) is 6.61 Å². The lowest BCUT2D eigenvalue weighted by atomic mass is 9.90. The summed E-state index contributed by atoms with van der Waals surface area (Å²) < 4.78 is 6.06. The molecule has 3 heteroatoms. The molecule has 0 radical (unpaired) electrons. The Morgan fingerprint density at radius 2 is 2.00 bits per heavy atom. The summed E-state index contributed by atoms with van der Waals surface area (Å²) in [5.74, 6) is 1.78. The van der Waals surface area contributed by atoms with Gasteiger partial charge in [-0.15, -0.1) is 0 Å². The normalized spacial score (nSPS) is 16.2. The zero-order valence-corrected chi connectivity index (χ0v) is 19.2. The van der Waals surface area contributed by atoms with E-state index in [1.807, 2.05) is 27.0 Å². The highest BCUT2D eigenvalue weighted by Crippen LogP contribution is 2.31. The summed E-state index contributed by atoms with van der Waals surface area (Å²) in [6.07, 6.45) is 17.8. The molecule has 0 aromatic heterocycles. The molecule has 1 aromatic rings. The lowest BCUT2D eigenvalue weighted by molar-refractivity contribution is 0.348. The quantitative estimate of drug-likeness (QED) is 0.473. The average molecular weight is 409 g/mol. The molecule has 1 aliphatic carbocycles. The number of anilines is 1. The van der Waals surface area contributed by atoms with Gasteiger partial charge in [-0.3, -0.25) is 0 Å². The first-order valence-corrected chi connectivity index (χ1v) is 11.6. The van der Waals surface area contributed by atoms with Gasteiger partial charge in [-0.25, -0.2) is 0 Å². The third kappa shape index (κ3) is 7.87. The van der Waals surface area contributed by atoms with Crippen molar-refractivity contribution in [3.8, 4) is 5.75 Å². The topological polar surface area (TPSA) is 33.3 Å². The first kappa shape index (κ1) is 24.0. The number of piperidine rings is 1. The van der Waals surface area contributed by atoms with Crippen molar-refractivity contribution in [2.75, 3.05) is 32.1 Å². The van der Waals surface area contributed by atoms with Crippen molar-refractivity contribution in [3.63, 3.8) is 0 Å². The molecule has 30 heavy (non-hydrogen) atoms. The lowest BCUT2D eigenvalue weighted by Gasteiger charge is -2.22. The molecular formula is C27H40N2O. The highest BCUT2D eigenvalue weighted by atomic mass is 16.5. The van der Waals surface area contributed by atoms with Crippen molar-refractivity contribution in [1.82, 2.24) is 5.32 Å². The van der Waals surface area contributed by atoms with E-state index in [1.54, 1.807) is 0 Å². The number of hydrogen-bond acceptors (Lipinski definition) is 3. The zero-order chi connectivity index (χ0) is 21.6. The van der Waals surface area contributed by atoms with Crippen LogP contribution in [0.1, 0.15) is 57.9 Å². The van der Waals surface area contributed by atoms with Gasteiger partial charge < -0.3 is 15.4 Å². The highest BCUT2D eigenvalue weighted by molar-refractivity contribution is 5.76. The smallest absolute Gasteiger partial charge is 0.120 e. The second-order valence-electron chi connectivity index (χ2n) is 7.74. The molecule has 0 spiro atoms. The van der Waals surface area contributed by atoms with Crippen molar-refractivity contribution in [3.05, 3.63) is 66.3 Å². The summed E-state index contributed by atoms with van der Waals surface area (Å²) in [5.41, 5.74) is 4.68. The van der Waals surface area contributed by atoms with Crippen LogP contribution >= 0.6 is 0 Å². The molecule has 1 heterocycles. The summed E-state index contributed by atoms with van der Waals surface area (Å²) >= 11 is 0. The fourth-order valence-corrected chi connectivity index (χ4v) is 3.92. The largest absolute Gasteiger partial charge is 0.489 e. The second kappa shape index (κ2) is 13.9. The molecule has 3 rings (SSSR count). The monoisotopic (exact) mass is 408 g/mol. The van der Waals surface area contributed by atoms with Crippen molar-refractivity contribution in [2.24, 2.45) is 5.92 Å². The lowest BCUT2D eigenvalue weighted by Crippen LogP contribution is -2.27. The van der Waals surface area contributed by atoms with Gasteiger partial charge >= 0.3 is 0 Å². The van der Waals surface area contributed by atoms with Gasteiger partial charge in [0.2, 0.25) is 0 Å². The molecule has 1 aliphatic heterocycles. The molecule has 164 valence electrons. The Bertz CT molecular complexity index is 739. The van der Waals surface area contributed by atoms with E-state index in [-0.39, 0.29) is 0 Å². The van der Waals surface area contributed by atoms with E-state index in [9.17, 15) is 0 Å². The van der Waals surface area contributed by atoms with Crippen LogP contribution in [-0.4, -0.2) is 26.7 Å². The minimum Gasteiger partial charge on any atom is -0.489 e. The third-order valence-corrected chi connectivity index (χ3v) is 5.65. The van der Waals surface area contributed by atoms with Gasteiger partial charge in [0.05, 0.1) is 0 Å². The fraction of sp³-hybridized carbons (Fsp3) is 0.481. The molecule has 1 aromatic carbocycles. The summed E-state index contributed by atoms with van der Waals surface area (Å²) in [6.45, 7) is 11.3. The van der Waals surface area contributed by atoms with Gasteiger partial charge in [-0.2, -0.15) is 0 Å². The van der Waals surface area contributed by atoms with Crippen molar-refractivity contribution >= 4 is 11.3 Å². The van der Waals surface area contributed by atoms with E-state index in [1.165, 1.54) is 55.5 Å². The molecule has 0 atom stereocenters. The van der Waals surface area contributed by atoms with Crippen LogP contribution in [0.5, 0.6) is 5.75 Å². The van der Waals surface area contributed by atoms with Gasteiger partial charge in [0.15, 0.2) is 0 Å². The molecular weight excluding hydrogens is 368 g/mol. The highest BCUT2D eigenvalue weighted by Gasteiger charge is 2.13. The molecule has 0 amide bonds. The maximum absolute atomic E-state index is 6.06. The number of allylic oxidation sites excluding steroid dienone is 5. The van der Waals surface area contributed by atoms with Crippen LogP contribution in [0, 0.1) is 5.92 Å². The Balaban J connectivity index is 0.00000155. The molecule has 2 N–H and O–H groups in total. The van der Waals surface area contributed by atoms with E-state index < -0.39 is 0 Å². The van der Waals surface area contributed by atoms with Crippen LogP contribution < -0.4 is 15.4 Å². The van der Waals surface area contributed by atoms with Crippen LogP contribution in [0.15, 0.2) is 60.7 Å². The minimum absolute atomic E-state index is 0.585. The molecule has 1 saturated heterocycles. The maximum atomic E-state index is 6.06. The zero-order valence-electron chi connectivity index (χ0n) is 19.2. The first-order valence-electron chi connectivity index (χ1n) is 11.6. The SMILES string of the molecule is C=C(CCCC1CCNCC1)c1cc(OCC2=CC=CCC=C2)ccc1NC.CC. The van der Waals surface area contributed by atoms with Crippen LogP contribution in [0.4, 0.5) is 5.69 Å². The van der Waals surface area contributed by atoms with Crippen molar-refractivity contribution in [2.45, 2.75) is 52.4 Å². The number of benzene rings is 1. The van der Waals surface area contributed by atoms with Crippen LogP contribution in [0.25, 0.3) is 5.57 Å². The van der Waals surface area contributed by atoms with Gasteiger partial charge in [0, 0.05) is 18.3 Å². The van der Waals surface area contributed by atoms with Crippen LogP contribution in [0.3, 0.4) is 0 Å². The van der Waals surface area contributed by atoms with Crippen LogP contribution in [-0.2, 0) is 0 Å². The number of nitrogens with one attached hydrogen (secondary N) is 2. The Hall–Kier alpha value is -2.26. The van der Waals surface area contributed by atoms with E-state index >= 15 is 0 Å². The van der Waals surface area contributed by atoms with Crippen LogP contribution in [0.2, 0.25) is 0 Å². The summed E-state index contributed by atoms with van der Waals surface area (Å²) in [4.78, 5) is 0. The van der Waals surface area contributed by atoms with E-state index in [4.69, 9.17) is 4.74 Å². The Morgan fingerprint density at radius 3 is 2.77 bits per heavy atom. The fourth-order valence-electron chi connectivity index (χ4n) is 3.92. The second-order valence-corrected chi connectivity index (χ2v) is 7.74. The predicted octanol–water partition coefficient (Wildman–Crippen LogP) is 6.76. The molecule has 2 aliphatic rings. The number of ether oxygens (including phenoxy) is 1. The Morgan fingerprint density at radius 1 is 1.20 bits per heavy atom. The van der Waals surface area contributed by atoms with Crippen molar-refractivity contribution in [1.29, 1.82) is 0 Å². The van der Waals surface area contributed by atoms with Gasteiger partial charge in [0.25, 0.3) is 0 Å². The standard InChI is InChI=1S/C25H34N2O.C2H6/c1-20(8-7-11-21-14-16-27-17-15-21)24-18-23(12-13-25(24)26-2)28-19-22-9-5-3-4-6-10-22;1-2/h3,5-6,9-10,12-13,18,21,26-27H,1,4,7-8,11,14-17,19H2,2H3;1-2H3. The van der Waals surface area contributed by atoms with Crippen molar-refractivity contribution < 1.29 is 4.74 Å². The van der Waals surface area contributed by atoms with E-state index in [2.05, 4.69) is 59.7 Å². The molecule has 0 bridgehead atoms.